The van der Waals surface area contributed by atoms with Crippen molar-refractivity contribution in [3.63, 3.8) is 0 Å². The van der Waals surface area contributed by atoms with Gasteiger partial charge in [0.2, 0.25) is 0 Å². The maximum Gasteiger partial charge on any atom is 0.274 e. The maximum absolute atomic E-state index is 12.9. The first kappa shape index (κ1) is 25.7. The van der Waals surface area contributed by atoms with E-state index in [1.807, 2.05) is 31.2 Å². The van der Waals surface area contributed by atoms with Gasteiger partial charge >= 0.3 is 0 Å². The van der Waals surface area contributed by atoms with Crippen molar-refractivity contribution in [2.24, 2.45) is 0 Å². The number of halogens is 1. The van der Waals surface area contributed by atoms with E-state index in [0.29, 0.717) is 39.4 Å². The second-order valence-corrected chi connectivity index (χ2v) is 8.81. The molecule has 37 heavy (non-hydrogen) atoms. The first-order valence-electron chi connectivity index (χ1n) is 11.5. The van der Waals surface area contributed by atoms with Crippen molar-refractivity contribution in [2.45, 2.75) is 20.3 Å². The first-order valence-corrected chi connectivity index (χ1v) is 11.8. The number of carbonyl (C=O) groups excluding carboxylic acids is 3. The molecular formula is C29H24ClN3O4. The summed E-state index contributed by atoms with van der Waals surface area (Å²) in [7, 11) is 1.52. The summed E-state index contributed by atoms with van der Waals surface area (Å²) in [6.07, 6.45) is 3.68. The van der Waals surface area contributed by atoms with E-state index in [4.69, 9.17) is 16.3 Å². The molecule has 0 aliphatic heterocycles. The number of anilines is 1. The SMILES string of the molecule is COc1ccnc(C(=O)Nc2cccc(-c3cccc(CC(=O)c4cc(C)c(C=O)cn4)c3Cl)c2C)c1. The number of ketones is 1. The summed E-state index contributed by atoms with van der Waals surface area (Å²) < 4.78 is 5.18. The highest BCUT2D eigenvalue weighted by atomic mass is 35.5. The molecule has 1 N–H and O–H groups in total. The van der Waals surface area contributed by atoms with Gasteiger partial charge in [-0.1, -0.05) is 41.9 Å². The number of aryl methyl sites for hydroxylation is 1. The van der Waals surface area contributed by atoms with E-state index in [-0.39, 0.29) is 29.5 Å². The minimum atomic E-state index is -0.368. The van der Waals surface area contributed by atoms with Gasteiger partial charge in [-0.15, -0.1) is 0 Å². The van der Waals surface area contributed by atoms with Crippen molar-refractivity contribution in [1.82, 2.24) is 9.97 Å². The molecule has 2 aromatic heterocycles. The molecule has 0 radical (unpaired) electrons. The third-order valence-corrected chi connectivity index (χ3v) is 6.51. The van der Waals surface area contributed by atoms with Crippen LogP contribution in [0.2, 0.25) is 5.02 Å². The Morgan fingerprint density at radius 3 is 2.49 bits per heavy atom. The number of nitrogens with one attached hydrogen (secondary N) is 1. The molecule has 0 aliphatic carbocycles. The lowest BCUT2D eigenvalue weighted by Crippen LogP contribution is -2.14. The number of aromatic nitrogens is 2. The number of carbonyl (C=O) groups is 3. The van der Waals surface area contributed by atoms with Crippen LogP contribution in [-0.4, -0.2) is 35.1 Å². The van der Waals surface area contributed by atoms with Crippen LogP contribution in [-0.2, 0) is 6.42 Å². The summed E-state index contributed by atoms with van der Waals surface area (Å²) >= 11 is 6.78. The van der Waals surface area contributed by atoms with Gasteiger partial charge in [-0.3, -0.25) is 24.4 Å². The molecule has 0 bridgehead atoms. The minimum absolute atomic E-state index is 0.0521. The highest BCUT2D eigenvalue weighted by Crippen LogP contribution is 2.36. The molecule has 186 valence electrons. The van der Waals surface area contributed by atoms with Crippen molar-refractivity contribution < 1.29 is 19.1 Å². The van der Waals surface area contributed by atoms with Crippen LogP contribution in [0.4, 0.5) is 5.69 Å². The third kappa shape index (κ3) is 5.57. The van der Waals surface area contributed by atoms with Crippen molar-refractivity contribution in [2.75, 3.05) is 12.4 Å². The number of nitrogens with zero attached hydrogens (tertiary/aromatic N) is 2. The van der Waals surface area contributed by atoms with Crippen molar-refractivity contribution in [3.05, 3.63) is 106 Å². The highest BCUT2D eigenvalue weighted by Gasteiger charge is 2.17. The van der Waals surface area contributed by atoms with Crippen LogP contribution in [0.25, 0.3) is 11.1 Å². The number of aldehydes is 1. The zero-order valence-corrected chi connectivity index (χ0v) is 21.3. The largest absolute Gasteiger partial charge is 0.497 e. The molecule has 0 saturated carbocycles. The maximum atomic E-state index is 12.9. The topological polar surface area (TPSA) is 98.2 Å². The number of pyridine rings is 2. The summed E-state index contributed by atoms with van der Waals surface area (Å²) in [5, 5.41) is 3.35. The summed E-state index contributed by atoms with van der Waals surface area (Å²) in [5.74, 6) is -0.0371. The van der Waals surface area contributed by atoms with Crippen LogP contribution in [0.1, 0.15) is 48.0 Å². The number of hydrogen-bond acceptors (Lipinski definition) is 6. The fraction of sp³-hybridized carbons (Fsp3) is 0.138. The Morgan fingerprint density at radius 2 is 1.76 bits per heavy atom. The standard InChI is InChI=1S/C29H24ClN3O4/c1-17-12-25(32-15-20(17)16-34)27(35)13-19-6-4-8-23(28(19)30)22-7-5-9-24(18(22)2)33-29(36)26-14-21(37-3)10-11-31-26/h4-12,14-16H,13H2,1-3H3,(H,33,36). The van der Waals surface area contributed by atoms with Crippen LogP contribution in [0.15, 0.2) is 67.0 Å². The lowest BCUT2D eigenvalue weighted by Gasteiger charge is -2.15. The van der Waals surface area contributed by atoms with Gasteiger partial charge in [-0.05, 0) is 54.3 Å². The Labute approximate surface area is 219 Å². The highest BCUT2D eigenvalue weighted by molar-refractivity contribution is 6.34. The molecule has 0 aliphatic rings. The molecule has 0 saturated heterocycles. The molecule has 4 rings (SSSR count). The Kier molecular flexibility index (Phi) is 7.74. The number of rotatable bonds is 8. The molecule has 7 nitrogen and oxygen atoms in total. The lowest BCUT2D eigenvalue weighted by atomic mass is 9.95. The van der Waals surface area contributed by atoms with Crippen LogP contribution >= 0.6 is 11.6 Å². The zero-order chi connectivity index (χ0) is 26.5. The normalized spacial score (nSPS) is 10.6. The zero-order valence-electron chi connectivity index (χ0n) is 20.5. The molecule has 0 fully saturated rings. The van der Waals surface area contributed by atoms with Gasteiger partial charge in [0.1, 0.15) is 17.1 Å². The van der Waals surface area contributed by atoms with Crippen LogP contribution in [0.3, 0.4) is 0 Å². The average Bonchev–Trinajstić information content (AvgIpc) is 2.91. The van der Waals surface area contributed by atoms with Crippen LogP contribution in [0.5, 0.6) is 5.75 Å². The van der Waals surface area contributed by atoms with E-state index in [9.17, 15) is 14.4 Å². The number of ether oxygens (including phenoxy) is 1. The minimum Gasteiger partial charge on any atom is -0.497 e. The van der Waals surface area contributed by atoms with E-state index >= 15 is 0 Å². The second kappa shape index (κ2) is 11.1. The third-order valence-electron chi connectivity index (χ3n) is 6.07. The van der Waals surface area contributed by atoms with Gasteiger partial charge in [-0.25, -0.2) is 0 Å². The number of hydrogen-bond donors (Lipinski definition) is 1. The Morgan fingerprint density at radius 1 is 1.00 bits per heavy atom. The van der Waals surface area contributed by atoms with Crippen molar-refractivity contribution in [3.8, 4) is 16.9 Å². The van der Waals surface area contributed by atoms with Crippen molar-refractivity contribution >= 4 is 35.3 Å². The molecule has 2 heterocycles. The molecule has 8 heteroatoms. The smallest absolute Gasteiger partial charge is 0.274 e. The first-order chi connectivity index (χ1) is 17.8. The predicted octanol–water partition coefficient (Wildman–Crippen LogP) is 5.91. The van der Waals surface area contributed by atoms with E-state index in [2.05, 4.69) is 15.3 Å². The average molecular weight is 514 g/mol. The summed E-state index contributed by atoms with van der Waals surface area (Å²) in [6.45, 7) is 3.65. The molecule has 0 atom stereocenters. The second-order valence-electron chi connectivity index (χ2n) is 8.44. The molecule has 2 aromatic carbocycles. The molecule has 0 spiro atoms. The molecule has 4 aromatic rings. The van der Waals surface area contributed by atoms with Crippen LogP contribution < -0.4 is 10.1 Å². The summed E-state index contributed by atoms with van der Waals surface area (Å²) in [6, 6.07) is 15.9. The molecule has 0 unspecified atom stereocenters. The Balaban J connectivity index is 1.60. The fourth-order valence-electron chi connectivity index (χ4n) is 3.94. The number of amides is 1. The van der Waals surface area contributed by atoms with E-state index in [1.54, 1.807) is 37.3 Å². The van der Waals surface area contributed by atoms with Gasteiger partial charge in [0.15, 0.2) is 12.1 Å². The van der Waals surface area contributed by atoms with E-state index in [1.165, 1.54) is 19.5 Å². The lowest BCUT2D eigenvalue weighted by molar-refractivity contribution is 0.0985. The van der Waals surface area contributed by atoms with Gasteiger partial charge in [0.25, 0.3) is 5.91 Å². The van der Waals surface area contributed by atoms with Gasteiger partial charge in [0, 0.05) is 41.7 Å². The number of Topliss-reactive ketones (excluding diaryl/α,β-unsaturated/α-hetero) is 1. The Bertz CT molecular complexity index is 1520. The molecule has 1 amide bonds. The predicted molar refractivity (Wildman–Crippen MR) is 143 cm³/mol. The van der Waals surface area contributed by atoms with E-state index in [0.717, 1.165) is 16.7 Å². The van der Waals surface area contributed by atoms with Gasteiger partial charge in [-0.2, -0.15) is 0 Å². The van der Waals surface area contributed by atoms with Crippen molar-refractivity contribution in [1.29, 1.82) is 0 Å². The molecular weight excluding hydrogens is 490 g/mol. The number of benzene rings is 2. The monoisotopic (exact) mass is 513 g/mol. The summed E-state index contributed by atoms with van der Waals surface area (Å²) in [5.41, 5.74) is 5.26. The summed E-state index contributed by atoms with van der Waals surface area (Å²) in [4.78, 5) is 45.0. The number of methoxy groups -OCH3 is 1. The van der Waals surface area contributed by atoms with Crippen LogP contribution in [0, 0.1) is 13.8 Å². The van der Waals surface area contributed by atoms with Gasteiger partial charge < -0.3 is 10.1 Å². The fourth-order valence-corrected chi connectivity index (χ4v) is 4.24. The van der Waals surface area contributed by atoms with Gasteiger partial charge in [0.05, 0.1) is 12.1 Å². The Hall–Kier alpha value is -4.36. The quantitative estimate of drug-likeness (QED) is 0.232. The van der Waals surface area contributed by atoms with E-state index < -0.39 is 0 Å².